The van der Waals surface area contributed by atoms with Crippen LogP contribution in [0.2, 0.25) is 0 Å². The van der Waals surface area contributed by atoms with Crippen LogP contribution in [0.25, 0.3) is 0 Å². The molecular weight excluding hydrogens is 552 g/mol. The molecule has 0 aliphatic heterocycles. The fourth-order valence-corrected chi connectivity index (χ4v) is 4.60. The van der Waals surface area contributed by atoms with E-state index < -0.39 is 11.9 Å². The van der Waals surface area contributed by atoms with E-state index in [1.807, 2.05) is 27.7 Å². The van der Waals surface area contributed by atoms with Crippen molar-refractivity contribution in [1.29, 1.82) is 0 Å². The van der Waals surface area contributed by atoms with Gasteiger partial charge in [-0.1, -0.05) is 24.9 Å². The Morgan fingerprint density at radius 2 is 0.878 bits per heavy atom. The minimum atomic E-state index is -0.680. The van der Waals surface area contributed by atoms with Crippen molar-refractivity contribution in [2.24, 2.45) is 0 Å². The van der Waals surface area contributed by atoms with Gasteiger partial charge in [-0.3, -0.25) is 0 Å². The fraction of sp³-hybridized carbons (Fsp3) is 0.400. The van der Waals surface area contributed by atoms with Gasteiger partial charge in [0.1, 0.15) is 0 Å². The van der Waals surface area contributed by atoms with Crippen molar-refractivity contribution < 1.29 is 47.5 Å². The third kappa shape index (κ3) is 8.50. The van der Waals surface area contributed by atoms with Crippen molar-refractivity contribution in [3.8, 4) is 46.0 Å². The Labute approximate surface area is 245 Å². The van der Waals surface area contributed by atoms with Gasteiger partial charge in [0, 0.05) is 24.3 Å². The van der Waals surface area contributed by atoms with Gasteiger partial charge in [-0.15, -0.1) is 0 Å². The number of hydrogen-bond acceptors (Lipinski definition) is 11. The monoisotopic (exact) mass is 590 g/mol. The molecule has 2 rings (SSSR count). The molecule has 0 aliphatic rings. The molecule has 2 aromatic carbocycles. The molecule has 0 unspecified atom stereocenters. The van der Waals surface area contributed by atoms with Crippen LogP contribution in [0.4, 0.5) is 0 Å². The molecule has 2 aromatic rings. The third-order valence-electron chi connectivity index (χ3n) is 4.96. The Morgan fingerprint density at radius 3 is 1.17 bits per heavy atom. The van der Waals surface area contributed by atoms with Crippen LogP contribution in [0.15, 0.2) is 47.2 Å². The molecule has 0 fully saturated rings. The maximum atomic E-state index is 12.2. The van der Waals surface area contributed by atoms with Gasteiger partial charge in [0.25, 0.3) is 0 Å². The van der Waals surface area contributed by atoms with E-state index in [0.29, 0.717) is 47.7 Å². The molecule has 0 heterocycles. The van der Waals surface area contributed by atoms with Crippen LogP contribution in [0.1, 0.15) is 41.5 Å². The summed E-state index contributed by atoms with van der Waals surface area (Å²) in [6, 6.07) is 3.38. The van der Waals surface area contributed by atoms with Gasteiger partial charge in [0.15, 0.2) is 23.0 Å². The van der Waals surface area contributed by atoms with E-state index in [9.17, 15) is 9.59 Å². The summed E-state index contributed by atoms with van der Waals surface area (Å²) >= 11 is 1.26. The standard InChI is InChI=1S/C30H38O10S/c1-9-23(31)39-25-19(33-11-3)17-21(27(35-13-5)29(25)37-15-7)41-22-18-20(34-12-4)26(40-24(32)10-2)30(38-16-8)28(22)36-14-6/h9-10,17-18H,1-2,11-16H2,3-8H3. The lowest BCUT2D eigenvalue weighted by atomic mass is 10.2. The normalized spacial score (nSPS) is 10.3. The van der Waals surface area contributed by atoms with E-state index in [2.05, 4.69) is 13.2 Å². The molecule has 0 saturated heterocycles. The van der Waals surface area contributed by atoms with Crippen LogP contribution >= 0.6 is 11.8 Å². The van der Waals surface area contributed by atoms with Crippen LogP contribution in [0, 0.1) is 0 Å². The van der Waals surface area contributed by atoms with E-state index in [0.717, 1.165) is 12.2 Å². The fourth-order valence-electron chi connectivity index (χ4n) is 3.54. The highest BCUT2D eigenvalue weighted by atomic mass is 32.2. The number of rotatable bonds is 18. The van der Waals surface area contributed by atoms with Crippen molar-refractivity contribution >= 4 is 23.7 Å². The van der Waals surface area contributed by atoms with Crippen molar-refractivity contribution in [2.45, 2.75) is 51.3 Å². The summed E-state index contributed by atoms with van der Waals surface area (Å²) in [6.45, 7) is 19.5. The van der Waals surface area contributed by atoms with E-state index >= 15 is 0 Å². The Morgan fingerprint density at radius 1 is 0.561 bits per heavy atom. The van der Waals surface area contributed by atoms with Gasteiger partial charge in [0.2, 0.25) is 23.0 Å². The molecule has 0 aliphatic carbocycles. The first-order valence-electron chi connectivity index (χ1n) is 13.4. The first-order chi connectivity index (χ1) is 19.8. The summed E-state index contributed by atoms with van der Waals surface area (Å²) in [7, 11) is 0. The zero-order valence-electron chi connectivity index (χ0n) is 24.5. The number of esters is 2. The van der Waals surface area contributed by atoms with Gasteiger partial charge < -0.3 is 37.9 Å². The first-order valence-corrected chi connectivity index (χ1v) is 14.2. The zero-order chi connectivity index (χ0) is 30.4. The summed E-state index contributed by atoms with van der Waals surface area (Å²) in [5, 5.41) is 0. The molecule has 10 nitrogen and oxygen atoms in total. The largest absolute Gasteiger partial charge is 0.490 e. The first kappa shape index (κ1) is 33.2. The van der Waals surface area contributed by atoms with Gasteiger partial charge in [-0.25, -0.2) is 9.59 Å². The Bertz CT molecular complexity index is 1130. The molecule has 0 N–H and O–H groups in total. The van der Waals surface area contributed by atoms with Crippen LogP contribution in [0.3, 0.4) is 0 Å². The number of carbonyl (C=O) groups is 2. The lowest BCUT2D eigenvalue weighted by Crippen LogP contribution is -2.10. The maximum absolute atomic E-state index is 12.2. The zero-order valence-corrected chi connectivity index (χ0v) is 25.3. The van der Waals surface area contributed by atoms with E-state index in [1.54, 1.807) is 26.0 Å². The maximum Gasteiger partial charge on any atom is 0.335 e. The van der Waals surface area contributed by atoms with Crippen LogP contribution < -0.4 is 37.9 Å². The highest BCUT2D eigenvalue weighted by molar-refractivity contribution is 7.99. The van der Waals surface area contributed by atoms with Gasteiger partial charge >= 0.3 is 11.9 Å². The Balaban J connectivity index is 2.92. The molecule has 0 amide bonds. The number of ether oxygens (including phenoxy) is 8. The smallest absolute Gasteiger partial charge is 0.335 e. The molecular formula is C30H38O10S. The molecule has 11 heteroatoms. The molecule has 224 valence electrons. The Hall–Kier alpha value is -3.99. The molecule has 0 radical (unpaired) electrons. The summed E-state index contributed by atoms with van der Waals surface area (Å²) < 4.78 is 46.7. The van der Waals surface area contributed by atoms with E-state index in [1.165, 1.54) is 11.8 Å². The summed E-state index contributed by atoms with van der Waals surface area (Å²) in [4.78, 5) is 25.5. The Kier molecular flexibility index (Phi) is 13.7. The number of carbonyl (C=O) groups excluding carboxylic acids is 2. The van der Waals surface area contributed by atoms with Gasteiger partial charge in [0.05, 0.1) is 49.4 Å². The topological polar surface area (TPSA) is 108 Å². The molecule has 0 bridgehead atoms. The number of benzene rings is 2. The van der Waals surface area contributed by atoms with Crippen molar-refractivity contribution in [3.63, 3.8) is 0 Å². The van der Waals surface area contributed by atoms with E-state index in [-0.39, 0.29) is 47.7 Å². The predicted octanol–water partition coefficient (Wildman–Crippen LogP) is 6.41. The highest BCUT2D eigenvalue weighted by Gasteiger charge is 2.29. The van der Waals surface area contributed by atoms with Crippen molar-refractivity contribution in [1.82, 2.24) is 0 Å². The lowest BCUT2D eigenvalue weighted by molar-refractivity contribution is -0.130. The third-order valence-corrected chi connectivity index (χ3v) is 6.00. The van der Waals surface area contributed by atoms with Crippen LogP contribution in [0.5, 0.6) is 46.0 Å². The number of hydrogen-bond donors (Lipinski definition) is 0. The molecule has 41 heavy (non-hydrogen) atoms. The van der Waals surface area contributed by atoms with Crippen LogP contribution in [-0.4, -0.2) is 51.6 Å². The molecule has 0 aromatic heterocycles. The second-order valence-corrected chi connectivity index (χ2v) is 8.75. The summed E-state index contributed by atoms with van der Waals surface area (Å²) in [5.41, 5.74) is 0. The van der Waals surface area contributed by atoms with Gasteiger partial charge in [-0.05, 0) is 41.5 Å². The second kappa shape index (κ2) is 17.0. The average molecular weight is 591 g/mol. The predicted molar refractivity (Wildman–Crippen MR) is 156 cm³/mol. The van der Waals surface area contributed by atoms with E-state index in [4.69, 9.17) is 37.9 Å². The second-order valence-electron chi connectivity index (χ2n) is 7.67. The summed E-state index contributed by atoms with van der Waals surface area (Å²) in [5.74, 6) is 0.376. The summed E-state index contributed by atoms with van der Waals surface area (Å²) in [6.07, 6.45) is 2.10. The van der Waals surface area contributed by atoms with Crippen molar-refractivity contribution in [3.05, 3.63) is 37.4 Å². The van der Waals surface area contributed by atoms with Gasteiger partial charge in [-0.2, -0.15) is 0 Å². The SMILES string of the molecule is C=CC(=O)Oc1c(OCC)cc(Sc2cc(OCC)c(OC(=O)C=C)c(OCC)c2OCC)c(OCC)c1OCC. The highest BCUT2D eigenvalue weighted by Crippen LogP contribution is 2.56. The lowest BCUT2D eigenvalue weighted by Gasteiger charge is -2.23. The average Bonchev–Trinajstić information content (AvgIpc) is 2.96. The quantitative estimate of drug-likeness (QED) is 0.109. The molecule has 0 saturated carbocycles. The minimum Gasteiger partial charge on any atom is -0.490 e. The molecule has 0 spiro atoms. The molecule has 0 atom stereocenters. The minimum absolute atomic E-state index is 0.0770. The van der Waals surface area contributed by atoms with Crippen LogP contribution in [-0.2, 0) is 9.59 Å². The van der Waals surface area contributed by atoms with Crippen molar-refractivity contribution in [2.75, 3.05) is 39.6 Å².